The highest BCUT2D eigenvalue weighted by atomic mass is 127. The predicted octanol–water partition coefficient (Wildman–Crippen LogP) is 3.31. The average Bonchev–Trinajstić information content (AvgIpc) is 2.99. The smallest absolute Gasteiger partial charge is 0.259 e. The molecule has 116 valence electrons. The van der Waals surface area contributed by atoms with Gasteiger partial charge in [0.15, 0.2) is 0 Å². The fraction of sp³-hybridized carbons (Fsp3) is 0.357. The van der Waals surface area contributed by atoms with E-state index in [9.17, 15) is 4.79 Å². The molecular weight excluding hydrogens is 417 g/mol. The van der Waals surface area contributed by atoms with Crippen LogP contribution in [-0.2, 0) is 0 Å². The molecule has 0 bridgehead atoms. The second-order valence-corrected chi connectivity index (χ2v) is 6.71. The van der Waals surface area contributed by atoms with Crippen molar-refractivity contribution >= 4 is 52.0 Å². The van der Waals surface area contributed by atoms with E-state index >= 15 is 0 Å². The standard InChI is InChI=1S/C14H15ClIN5O/c15-9-4-5-11(16)10(8-9)12(22)17-13-18-14(20-19-13)21-6-2-1-3-7-21/h4-5,8H,1-3,6-7H2,(H2,17,18,19,20,22). The lowest BCUT2D eigenvalue weighted by atomic mass is 10.1. The molecule has 8 heteroatoms. The number of amides is 1. The van der Waals surface area contributed by atoms with Crippen LogP contribution in [0.15, 0.2) is 18.2 Å². The van der Waals surface area contributed by atoms with Crippen molar-refractivity contribution in [1.82, 2.24) is 15.2 Å². The van der Waals surface area contributed by atoms with Crippen LogP contribution < -0.4 is 10.2 Å². The second-order valence-electron chi connectivity index (χ2n) is 5.11. The summed E-state index contributed by atoms with van der Waals surface area (Å²) >= 11 is 8.05. The van der Waals surface area contributed by atoms with E-state index in [0.29, 0.717) is 22.5 Å². The molecule has 3 rings (SSSR count). The van der Waals surface area contributed by atoms with Gasteiger partial charge in [-0.15, -0.1) is 5.10 Å². The Kier molecular flexibility index (Phi) is 4.82. The Labute approximate surface area is 146 Å². The maximum atomic E-state index is 12.3. The summed E-state index contributed by atoms with van der Waals surface area (Å²) in [5.41, 5.74) is 0.518. The van der Waals surface area contributed by atoms with Crippen LogP contribution in [0.25, 0.3) is 0 Å². The van der Waals surface area contributed by atoms with Crippen LogP contribution in [0.2, 0.25) is 5.02 Å². The Bertz CT molecular complexity index is 684. The van der Waals surface area contributed by atoms with Crippen molar-refractivity contribution < 1.29 is 4.79 Å². The van der Waals surface area contributed by atoms with Gasteiger partial charge in [-0.3, -0.25) is 10.1 Å². The van der Waals surface area contributed by atoms with E-state index in [0.717, 1.165) is 29.5 Å². The van der Waals surface area contributed by atoms with Crippen molar-refractivity contribution in [3.05, 3.63) is 32.4 Å². The summed E-state index contributed by atoms with van der Waals surface area (Å²) in [6.07, 6.45) is 3.55. The molecule has 0 spiro atoms. The maximum Gasteiger partial charge on any atom is 0.259 e. The van der Waals surface area contributed by atoms with Crippen LogP contribution in [0.4, 0.5) is 11.9 Å². The van der Waals surface area contributed by atoms with Gasteiger partial charge in [-0.1, -0.05) is 11.6 Å². The molecule has 1 saturated heterocycles. The van der Waals surface area contributed by atoms with Gasteiger partial charge in [-0.25, -0.2) is 5.10 Å². The third-order valence-electron chi connectivity index (χ3n) is 3.52. The molecule has 1 aliphatic heterocycles. The first-order valence-electron chi connectivity index (χ1n) is 7.07. The Morgan fingerprint density at radius 2 is 2.09 bits per heavy atom. The maximum absolute atomic E-state index is 12.3. The molecule has 22 heavy (non-hydrogen) atoms. The quantitative estimate of drug-likeness (QED) is 0.731. The Morgan fingerprint density at radius 3 is 2.86 bits per heavy atom. The first-order valence-corrected chi connectivity index (χ1v) is 8.53. The Morgan fingerprint density at radius 1 is 1.32 bits per heavy atom. The Balaban J connectivity index is 1.71. The van der Waals surface area contributed by atoms with Gasteiger partial charge < -0.3 is 4.90 Å². The van der Waals surface area contributed by atoms with E-state index < -0.39 is 0 Å². The number of piperidine rings is 1. The molecule has 6 nitrogen and oxygen atoms in total. The number of benzene rings is 1. The summed E-state index contributed by atoms with van der Waals surface area (Å²) in [4.78, 5) is 18.8. The van der Waals surface area contributed by atoms with Crippen molar-refractivity contribution in [2.24, 2.45) is 0 Å². The van der Waals surface area contributed by atoms with Gasteiger partial charge in [0.1, 0.15) is 0 Å². The largest absolute Gasteiger partial charge is 0.340 e. The zero-order valence-corrected chi connectivity index (χ0v) is 14.7. The van der Waals surface area contributed by atoms with E-state index in [-0.39, 0.29) is 5.91 Å². The van der Waals surface area contributed by atoms with Crippen molar-refractivity contribution in [2.75, 3.05) is 23.3 Å². The molecule has 0 aliphatic carbocycles. The molecule has 2 aromatic rings. The molecule has 0 unspecified atom stereocenters. The number of halogens is 2. The number of carbonyl (C=O) groups is 1. The topological polar surface area (TPSA) is 73.9 Å². The minimum atomic E-state index is -0.256. The van der Waals surface area contributed by atoms with Gasteiger partial charge in [0.2, 0.25) is 11.9 Å². The normalized spacial score (nSPS) is 14.9. The number of hydrogen-bond acceptors (Lipinski definition) is 4. The third-order valence-corrected chi connectivity index (χ3v) is 4.69. The number of aromatic nitrogens is 3. The summed E-state index contributed by atoms with van der Waals surface area (Å²) in [5.74, 6) is 0.727. The van der Waals surface area contributed by atoms with Gasteiger partial charge in [-0.05, 0) is 60.1 Å². The third kappa shape index (κ3) is 3.52. The first-order chi connectivity index (χ1) is 10.6. The number of hydrogen-bond donors (Lipinski definition) is 2. The van der Waals surface area contributed by atoms with E-state index in [1.54, 1.807) is 18.2 Å². The molecule has 1 aromatic carbocycles. The second kappa shape index (κ2) is 6.82. The highest BCUT2D eigenvalue weighted by Gasteiger charge is 2.17. The summed E-state index contributed by atoms with van der Waals surface area (Å²) in [5, 5.41) is 10.2. The first kappa shape index (κ1) is 15.5. The number of H-pyrrole nitrogens is 1. The van der Waals surface area contributed by atoms with Crippen molar-refractivity contribution in [2.45, 2.75) is 19.3 Å². The molecule has 2 heterocycles. The molecule has 1 aliphatic rings. The summed E-state index contributed by atoms with van der Waals surface area (Å²) < 4.78 is 0.829. The van der Waals surface area contributed by atoms with Crippen LogP contribution in [0.1, 0.15) is 29.6 Å². The van der Waals surface area contributed by atoms with Gasteiger partial charge in [0.25, 0.3) is 5.91 Å². The van der Waals surface area contributed by atoms with Gasteiger partial charge >= 0.3 is 0 Å². The lowest BCUT2D eigenvalue weighted by Crippen LogP contribution is -2.30. The number of anilines is 2. The Hall–Kier alpha value is -1.35. The van der Waals surface area contributed by atoms with E-state index in [4.69, 9.17) is 11.6 Å². The number of aromatic amines is 1. The van der Waals surface area contributed by atoms with Crippen LogP contribution in [-0.4, -0.2) is 34.2 Å². The van der Waals surface area contributed by atoms with Gasteiger partial charge in [0.05, 0.1) is 5.56 Å². The predicted molar refractivity (Wildman–Crippen MR) is 94.6 cm³/mol. The fourth-order valence-corrected chi connectivity index (χ4v) is 3.14. The minimum absolute atomic E-state index is 0.256. The van der Waals surface area contributed by atoms with Crippen LogP contribution in [0.3, 0.4) is 0 Å². The van der Waals surface area contributed by atoms with Gasteiger partial charge in [-0.2, -0.15) is 4.98 Å². The van der Waals surface area contributed by atoms with Crippen molar-refractivity contribution in [3.8, 4) is 0 Å². The summed E-state index contributed by atoms with van der Waals surface area (Å²) in [7, 11) is 0. The molecule has 1 fully saturated rings. The number of carbonyl (C=O) groups excluding carboxylic acids is 1. The van der Waals surface area contributed by atoms with Crippen LogP contribution in [0, 0.1) is 3.57 Å². The number of nitrogens with zero attached hydrogens (tertiary/aromatic N) is 3. The molecule has 1 amide bonds. The van der Waals surface area contributed by atoms with E-state index in [1.807, 2.05) is 0 Å². The van der Waals surface area contributed by atoms with Crippen LogP contribution >= 0.6 is 34.2 Å². The SMILES string of the molecule is O=C(Nc1nc(N2CCCCC2)n[nH]1)c1cc(Cl)ccc1I. The zero-order chi connectivity index (χ0) is 15.5. The average molecular weight is 432 g/mol. The summed E-state index contributed by atoms with van der Waals surface area (Å²) in [6.45, 7) is 1.91. The number of rotatable bonds is 3. The van der Waals surface area contributed by atoms with Crippen molar-refractivity contribution in [1.29, 1.82) is 0 Å². The van der Waals surface area contributed by atoms with E-state index in [1.165, 1.54) is 6.42 Å². The molecule has 2 N–H and O–H groups in total. The molecule has 0 atom stereocenters. The molecular formula is C14H15ClIN5O. The molecule has 0 saturated carbocycles. The highest BCUT2D eigenvalue weighted by molar-refractivity contribution is 14.1. The van der Waals surface area contributed by atoms with Crippen LogP contribution in [0.5, 0.6) is 0 Å². The number of nitrogens with one attached hydrogen (secondary N) is 2. The molecule has 0 radical (unpaired) electrons. The zero-order valence-electron chi connectivity index (χ0n) is 11.8. The minimum Gasteiger partial charge on any atom is -0.340 e. The van der Waals surface area contributed by atoms with E-state index in [2.05, 4.69) is 48.0 Å². The molecule has 1 aromatic heterocycles. The lowest BCUT2D eigenvalue weighted by molar-refractivity contribution is 0.102. The van der Waals surface area contributed by atoms with Gasteiger partial charge in [0, 0.05) is 21.7 Å². The monoisotopic (exact) mass is 431 g/mol. The summed E-state index contributed by atoms with van der Waals surface area (Å²) in [6, 6.07) is 5.20. The lowest BCUT2D eigenvalue weighted by Gasteiger charge is -2.24. The van der Waals surface area contributed by atoms with Crippen molar-refractivity contribution in [3.63, 3.8) is 0 Å². The highest BCUT2D eigenvalue weighted by Crippen LogP contribution is 2.20. The fourth-order valence-electron chi connectivity index (χ4n) is 2.39.